The van der Waals surface area contributed by atoms with Crippen molar-refractivity contribution in [3.63, 3.8) is 0 Å². The number of piperidine rings is 1. The number of hydrogen-bond acceptors (Lipinski definition) is 5. The highest BCUT2D eigenvalue weighted by Crippen LogP contribution is 2.47. The van der Waals surface area contributed by atoms with Gasteiger partial charge in [-0.2, -0.15) is 5.10 Å². The molecule has 36 heavy (non-hydrogen) atoms. The number of rotatable bonds is 5. The molecule has 0 bridgehead atoms. The number of halogens is 2. The maximum absolute atomic E-state index is 13.7. The lowest BCUT2D eigenvalue weighted by molar-refractivity contribution is 0.201. The van der Waals surface area contributed by atoms with Crippen LogP contribution in [0.5, 0.6) is 0 Å². The summed E-state index contributed by atoms with van der Waals surface area (Å²) >= 11 is 1.89. The zero-order valence-electron chi connectivity index (χ0n) is 20.5. The van der Waals surface area contributed by atoms with Crippen LogP contribution in [0.1, 0.15) is 23.2 Å². The molecule has 0 N–H and O–H groups in total. The third kappa shape index (κ3) is 4.75. The second-order valence-electron chi connectivity index (χ2n) is 10.3. The van der Waals surface area contributed by atoms with Crippen molar-refractivity contribution in [2.24, 2.45) is 5.41 Å². The monoisotopic (exact) mass is 507 g/mol. The Morgan fingerprint density at radius 2 is 1.58 bits per heavy atom. The van der Waals surface area contributed by atoms with Gasteiger partial charge in [0, 0.05) is 56.8 Å². The van der Waals surface area contributed by atoms with E-state index in [9.17, 15) is 8.78 Å². The van der Waals surface area contributed by atoms with Gasteiger partial charge in [0.15, 0.2) is 0 Å². The molecule has 188 valence electrons. The average Bonchev–Trinajstić information content (AvgIpc) is 3.28. The molecular weight excluding hydrogens is 476 g/mol. The van der Waals surface area contributed by atoms with Gasteiger partial charge in [-0.15, -0.1) is 0 Å². The predicted molar refractivity (Wildman–Crippen MR) is 141 cm³/mol. The van der Waals surface area contributed by atoms with E-state index < -0.39 is 0 Å². The number of fused-ring (bicyclic) bond motifs is 2. The summed E-state index contributed by atoms with van der Waals surface area (Å²) in [6.07, 6.45) is 7.00. The molecule has 2 aromatic carbocycles. The first-order valence-electron chi connectivity index (χ1n) is 12.6. The summed E-state index contributed by atoms with van der Waals surface area (Å²) in [5.41, 5.74) is 5.67. The lowest BCUT2D eigenvalue weighted by Crippen LogP contribution is -2.48. The third-order valence-corrected chi connectivity index (χ3v) is 8.88. The zero-order chi connectivity index (χ0) is 24.7. The number of nitrogens with zero attached hydrogens (tertiary/aromatic N) is 5. The van der Waals surface area contributed by atoms with Crippen LogP contribution >= 0.6 is 12.1 Å². The van der Waals surface area contributed by atoms with Gasteiger partial charge >= 0.3 is 0 Å². The molecule has 0 radical (unpaired) electrons. The topological polar surface area (TPSA) is 27.5 Å². The van der Waals surface area contributed by atoms with Crippen molar-refractivity contribution in [2.75, 3.05) is 46.3 Å². The van der Waals surface area contributed by atoms with Gasteiger partial charge < -0.3 is 4.90 Å². The minimum absolute atomic E-state index is 0.0701. The summed E-state index contributed by atoms with van der Waals surface area (Å²) in [5, 5.41) is 4.69. The molecule has 8 heteroatoms. The van der Waals surface area contributed by atoms with E-state index in [1.54, 1.807) is 24.3 Å². The van der Waals surface area contributed by atoms with Crippen LogP contribution in [0.15, 0.2) is 60.3 Å². The molecule has 1 aliphatic carbocycles. The van der Waals surface area contributed by atoms with E-state index in [1.807, 2.05) is 35.1 Å². The molecule has 3 aromatic rings. The summed E-state index contributed by atoms with van der Waals surface area (Å²) in [5.74, 6) is -0.448. The van der Waals surface area contributed by atoms with Gasteiger partial charge in [0.1, 0.15) is 11.6 Å². The van der Waals surface area contributed by atoms with Gasteiger partial charge in [-0.3, -0.25) is 0 Å². The van der Waals surface area contributed by atoms with E-state index >= 15 is 0 Å². The second-order valence-corrected chi connectivity index (χ2v) is 11.5. The zero-order valence-corrected chi connectivity index (χ0v) is 21.4. The number of benzene rings is 2. The lowest BCUT2D eigenvalue weighted by Gasteiger charge is -2.47. The standard InChI is InChI=1S/C28H31F2N5S/c1-32-12-14-33(15-13-32)36-34-11-10-23-16-27-22(19-31-35(27)26-8-6-25(30)7-9-26)18-28(23,20-34)17-21-2-4-24(29)5-3-21/h2-9,16,19H,10-15,17-18,20H2,1H3. The molecule has 0 saturated carbocycles. The van der Waals surface area contributed by atoms with Crippen LogP contribution in [0.3, 0.4) is 0 Å². The molecule has 2 fully saturated rings. The first-order chi connectivity index (χ1) is 17.5. The highest BCUT2D eigenvalue weighted by atomic mass is 32.2. The Kier molecular flexibility index (Phi) is 6.46. The van der Waals surface area contributed by atoms with Crippen LogP contribution < -0.4 is 0 Å². The van der Waals surface area contributed by atoms with E-state index in [0.717, 1.165) is 75.5 Å². The Balaban J connectivity index is 1.31. The third-order valence-electron chi connectivity index (χ3n) is 7.74. The molecule has 3 heterocycles. The number of piperazine rings is 1. The lowest BCUT2D eigenvalue weighted by atomic mass is 9.66. The Morgan fingerprint density at radius 3 is 2.31 bits per heavy atom. The van der Waals surface area contributed by atoms with Crippen molar-refractivity contribution in [2.45, 2.75) is 19.3 Å². The Labute approximate surface area is 215 Å². The van der Waals surface area contributed by atoms with E-state index in [0.29, 0.717) is 0 Å². The summed E-state index contributed by atoms with van der Waals surface area (Å²) in [7, 11) is 2.18. The normalized spacial score (nSPS) is 23.2. The minimum atomic E-state index is -0.248. The molecule has 0 spiro atoms. The molecular formula is C28H31F2N5S. The fraction of sp³-hybridized carbons (Fsp3) is 0.393. The quantitative estimate of drug-likeness (QED) is 0.461. The van der Waals surface area contributed by atoms with Crippen LogP contribution in [-0.2, 0) is 12.8 Å². The second kappa shape index (κ2) is 9.74. The average molecular weight is 508 g/mol. The molecule has 1 atom stereocenters. The molecule has 1 aromatic heterocycles. The van der Waals surface area contributed by atoms with E-state index in [2.05, 4.69) is 26.6 Å². The van der Waals surface area contributed by atoms with Gasteiger partial charge in [-0.25, -0.2) is 22.1 Å². The summed E-state index contributed by atoms with van der Waals surface area (Å²) in [4.78, 5) is 2.38. The molecule has 6 rings (SSSR count). The number of aromatic nitrogens is 2. The summed E-state index contributed by atoms with van der Waals surface area (Å²) in [6, 6.07) is 13.5. The van der Waals surface area contributed by atoms with Crippen molar-refractivity contribution in [1.29, 1.82) is 0 Å². The number of hydrogen-bond donors (Lipinski definition) is 0. The Bertz CT molecular complexity index is 1250. The van der Waals surface area contributed by atoms with Gasteiger partial charge in [-0.05, 0) is 79.9 Å². The van der Waals surface area contributed by atoms with Crippen LogP contribution in [-0.4, -0.2) is 69.6 Å². The van der Waals surface area contributed by atoms with Crippen molar-refractivity contribution < 1.29 is 8.78 Å². The molecule has 0 amide bonds. The molecule has 2 saturated heterocycles. The highest BCUT2D eigenvalue weighted by molar-refractivity contribution is 7.94. The number of likely N-dealkylation sites (N-methyl/N-ethyl adjacent to an activating group) is 1. The molecule has 1 unspecified atom stereocenters. The summed E-state index contributed by atoms with van der Waals surface area (Å²) < 4.78 is 34.1. The van der Waals surface area contributed by atoms with Crippen molar-refractivity contribution in [3.8, 4) is 5.69 Å². The fourth-order valence-corrected chi connectivity index (χ4v) is 6.88. The van der Waals surface area contributed by atoms with Gasteiger partial charge in [0.2, 0.25) is 0 Å². The van der Waals surface area contributed by atoms with E-state index in [-0.39, 0.29) is 17.0 Å². The molecule has 5 nitrogen and oxygen atoms in total. The van der Waals surface area contributed by atoms with Crippen molar-refractivity contribution >= 4 is 18.2 Å². The van der Waals surface area contributed by atoms with Gasteiger partial charge in [-0.1, -0.05) is 17.7 Å². The highest BCUT2D eigenvalue weighted by Gasteiger charge is 2.43. The van der Waals surface area contributed by atoms with Crippen LogP contribution in [0.4, 0.5) is 8.78 Å². The van der Waals surface area contributed by atoms with Crippen LogP contribution in [0.25, 0.3) is 11.8 Å². The minimum Gasteiger partial charge on any atom is -0.304 e. The smallest absolute Gasteiger partial charge is 0.123 e. The summed E-state index contributed by atoms with van der Waals surface area (Å²) in [6.45, 7) is 6.26. The maximum atomic E-state index is 13.7. The van der Waals surface area contributed by atoms with Gasteiger partial charge in [0.05, 0.1) is 17.6 Å². The van der Waals surface area contributed by atoms with E-state index in [4.69, 9.17) is 5.10 Å². The maximum Gasteiger partial charge on any atom is 0.123 e. The molecule has 3 aliphatic rings. The van der Waals surface area contributed by atoms with Crippen molar-refractivity contribution in [1.82, 2.24) is 23.3 Å². The van der Waals surface area contributed by atoms with Crippen molar-refractivity contribution in [3.05, 3.63) is 88.8 Å². The Morgan fingerprint density at radius 1 is 0.889 bits per heavy atom. The van der Waals surface area contributed by atoms with E-state index in [1.165, 1.54) is 23.3 Å². The van der Waals surface area contributed by atoms with Gasteiger partial charge in [0.25, 0.3) is 0 Å². The Hall–Kier alpha value is -2.52. The van der Waals surface area contributed by atoms with Crippen LogP contribution in [0.2, 0.25) is 0 Å². The molecule has 2 aliphatic heterocycles. The largest absolute Gasteiger partial charge is 0.304 e. The first kappa shape index (κ1) is 23.9. The van der Waals surface area contributed by atoms with Crippen LogP contribution in [0, 0.1) is 17.0 Å². The SMILES string of the molecule is CN1CCN(SN2CCC3=Cc4c(cnn4-c4ccc(F)cc4)CC3(Cc3ccc(F)cc3)C2)CC1. The fourth-order valence-electron chi connectivity index (χ4n) is 5.75. The first-order valence-corrected chi connectivity index (χ1v) is 13.4. The predicted octanol–water partition coefficient (Wildman–Crippen LogP) is 4.84.